The molecular formula is C110H136N6O23. The lowest BCUT2D eigenvalue weighted by Gasteiger charge is -2.64. The van der Waals surface area contributed by atoms with E-state index in [9.17, 15) is 86.8 Å². The Bertz CT molecular complexity index is 6080. The molecule has 744 valence electrons. The molecule has 0 amide bonds. The number of benzene rings is 6. The largest absolute Gasteiger partial charge is 0.504 e. The second-order valence-electron chi connectivity index (χ2n) is 47.6. The highest BCUT2D eigenvalue weighted by Crippen LogP contribution is 2.73. The number of aromatic hydroxyl groups is 6. The van der Waals surface area contributed by atoms with E-state index in [0.29, 0.717) is 111 Å². The number of aliphatic hydroxyl groups is 11. The SMILES string of the molecule is C=CCN1CC[C@]23c4c5ccc(O)c4O[C@H]2[C@@H](O)CC[C@@]3(O)[C@H]1C5.CN1CC[C@]23c4c5ccc(O)c4O[C@H]2[C@@H](O)CCC3[C@H]1C5.CN1CC[C@]23c4c5ccc(O)c4O[C@H]2[C@@H](O)CC[C@@]3(O)[C@H]1C5.Oc1ccc2c3c1O[C@H]1[C@@H](O)CC[C@@]4(O)[C@@H](C2)N(CC2CC2)CC[C@]314.Oc1ccc2c3c1O[C@H]1[C@@H](O)CC[C@@]4(O)[C@@H](C2)N(CC2CCC2)CC[C@]314.Oc1ccc2c3c1O[C@H]1[C@@H](O)CC[C@@]4(O)[C@@H](C2)NCC[C@]314. The number of piperidine rings is 6. The van der Waals surface area contributed by atoms with Crippen LogP contribution in [0.1, 0.15) is 214 Å². The van der Waals surface area contributed by atoms with Crippen LogP contribution in [0.3, 0.4) is 0 Å². The Kier molecular flexibility index (Phi) is 19.7. The first kappa shape index (κ1) is 89.8. The first-order chi connectivity index (χ1) is 66.8. The van der Waals surface area contributed by atoms with Crippen molar-refractivity contribution in [1.82, 2.24) is 29.8 Å². The zero-order chi connectivity index (χ0) is 95.4. The van der Waals surface area contributed by atoms with Gasteiger partial charge in [-0.05, 0) is 321 Å². The van der Waals surface area contributed by atoms with Crippen molar-refractivity contribution in [2.75, 3.05) is 73.0 Å². The first-order valence-corrected chi connectivity index (χ1v) is 52.6. The van der Waals surface area contributed by atoms with E-state index < -0.39 is 122 Å². The van der Waals surface area contributed by atoms with E-state index in [2.05, 4.69) is 56.6 Å². The molecule has 8 saturated carbocycles. The summed E-state index contributed by atoms with van der Waals surface area (Å²) in [6.07, 6.45) is 19.8. The first-order valence-electron chi connectivity index (χ1n) is 52.6. The van der Waals surface area contributed by atoms with E-state index in [1.165, 1.54) is 54.4 Å². The summed E-state index contributed by atoms with van der Waals surface area (Å²) in [6.45, 7) is 12.2. The molecule has 6 spiro atoms. The van der Waals surface area contributed by atoms with Crippen LogP contribution < -0.4 is 33.7 Å². The highest BCUT2D eigenvalue weighted by atomic mass is 16.5. The number of hydrogen-bond acceptors (Lipinski definition) is 29. The van der Waals surface area contributed by atoms with Crippen molar-refractivity contribution in [3.05, 3.63) is 152 Å². The molecule has 18 N–H and O–H groups in total. The molecule has 14 aliphatic carbocycles. The van der Waals surface area contributed by atoms with Crippen LogP contribution in [0.15, 0.2) is 85.5 Å². The summed E-state index contributed by atoms with van der Waals surface area (Å²) in [4.78, 5) is 12.1. The van der Waals surface area contributed by atoms with E-state index in [1.54, 1.807) is 36.4 Å². The van der Waals surface area contributed by atoms with Gasteiger partial charge in [0.05, 0.1) is 91.7 Å². The third-order valence-electron chi connectivity index (χ3n) is 42.4. The smallest absolute Gasteiger partial charge is 0.165 e. The predicted molar refractivity (Wildman–Crippen MR) is 506 cm³/mol. The Labute approximate surface area is 808 Å². The maximum absolute atomic E-state index is 12.1. The van der Waals surface area contributed by atoms with Gasteiger partial charge in [-0.3, -0.25) is 14.7 Å². The summed E-state index contributed by atoms with van der Waals surface area (Å²) in [5.41, 5.74) is 5.63. The number of phenols is 6. The number of rotatable bonds is 6. The summed E-state index contributed by atoms with van der Waals surface area (Å²) in [5.74, 6) is 6.09. The minimum Gasteiger partial charge on any atom is -0.504 e. The maximum atomic E-state index is 12.1. The fourth-order valence-corrected chi connectivity index (χ4v) is 36.1. The van der Waals surface area contributed by atoms with E-state index in [4.69, 9.17) is 28.4 Å². The minimum absolute atomic E-state index is 0.00663. The Balaban J connectivity index is 0.0000000841. The summed E-state index contributed by atoms with van der Waals surface area (Å²) >= 11 is 0. The molecule has 12 aliphatic heterocycles. The van der Waals surface area contributed by atoms with Crippen molar-refractivity contribution in [1.29, 1.82) is 0 Å². The quantitative estimate of drug-likeness (QED) is 0.0817. The van der Waals surface area contributed by atoms with Crippen LogP contribution in [-0.2, 0) is 71.0 Å². The van der Waals surface area contributed by atoms with Gasteiger partial charge in [-0.15, -0.1) is 6.58 Å². The molecule has 32 rings (SSSR count). The van der Waals surface area contributed by atoms with Crippen molar-refractivity contribution < 1.29 is 115 Å². The molecule has 12 bridgehead atoms. The minimum atomic E-state index is -0.940. The number of likely N-dealkylation sites (N-methyl/N-ethyl adjacent to an activating group) is 2. The molecule has 139 heavy (non-hydrogen) atoms. The van der Waals surface area contributed by atoms with Crippen LogP contribution in [0.5, 0.6) is 69.0 Å². The average Bonchev–Trinajstić information content (AvgIpc) is 1.49. The summed E-state index contributed by atoms with van der Waals surface area (Å²) in [7, 11) is 4.29. The fourth-order valence-electron chi connectivity index (χ4n) is 36.1. The Morgan fingerprint density at radius 2 is 0.655 bits per heavy atom. The van der Waals surface area contributed by atoms with Crippen molar-refractivity contribution in [2.24, 2.45) is 17.8 Å². The Hall–Kier alpha value is -8.02. The molecule has 0 aromatic heterocycles. The van der Waals surface area contributed by atoms with E-state index >= 15 is 0 Å². The molecule has 6 aromatic carbocycles. The number of aliphatic hydroxyl groups excluding tert-OH is 6. The van der Waals surface area contributed by atoms with Crippen molar-refractivity contribution in [3.63, 3.8) is 0 Å². The van der Waals surface area contributed by atoms with Gasteiger partial charge in [-0.2, -0.15) is 0 Å². The van der Waals surface area contributed by atoms with Gasteiger partial charge >= 0.3 is 0 Å². The van der Waals surface area contributed by atoms with Gasteiger partial charge in [0.15, 0.2) is 69.0 Å². The van der Waals surface area contributed by atoms with Gasteiger partial charge in [0, 0.05) is 94.7 Å². The van der Waals surface area contributed by atoms with Gasteiger partial charge in [0.1, 0.15) is 36.6 Å². The number of hydrogen-bond donors (Lipinski definition) is 18. The lowest BCUT2D eigenvalue weighted by atomic mass is 9.48. The van der Waals surface area contributed by atoms with Gasteiger partial charge in [-0.25, -0.2) is 0 Å². The molecule has 6 aromatic rings. The zero-order valence-electron chi connectivity index (χ0n) is 79.5. The monoisotopic (exact) mass is 1910 g/mol. The van der Waals surface area contributed by atoms with E-state index in [0.717, 1.165) is 205 Å². The molecule has 29 nitrogen and oxygen atoms in total. The summed E-state index contributed by atoms with van der Waals surface area (Å²) < 4.78 is 36.6. The number of likely N-dealkylation sites (tertiary alicyclic amines) is 5. The second kappa shape index (κ2) is 30.6. The van der Waals surface area contributed by atoms with Crippen molar-refractivity contribution in [3.8, 4) is 69.0 Å². The van der Waals surface area contributed by atoms with Crippen molar-refractivity contribution in [2.45, 2.75) is 356 Å². The molecule has 12 heterocycles. The molecule has 14 fully saturated rings. The summed E-state index contributed by atoms with van der Waals surface area (Å²) in [5, 5.41) is 188. The molecule has 1 unspecified atom stereocenters. The standard InChI is InChI=1S/C21H27NO4.C20H25NO4.C19H23NO4.C17H21NO4.C17H21NO3.C16H19NO4/c23-14-5-4-13-10-16-21(25)7-6-15(24)19-20(21,17(13)18(14)26-19)8-9-22(16)11-12-2-1-3-12;22-13-4-3-12-9-15-20(24)6-5-14(23)18-19(20,16(12)17(13)25-18)7-8-21(15)10-11-1-2-11;1-2-8-20-9-7-18-15-11-3-4-12(21)16(15)24-17(18)13(22)5-6-19(18,23)14(20)10-11;1-18-7-6-16-13-9-2-3-10(19)14(13)22-15(16)11(20)4-5-17(16,21)12(18)8-9;1-18-7-6-17-10-3-5-13(20)16(17)21-15-12(19)4-2-9(14(15)17)8-11(10)18;18-9-2-1-8-7-11-16(20)4-3-10(19)14-15(16,5-6-17-11)12(8)13(9)21-14/h4-5,12,15-16,19,23-25H,1-3,6-11H2;3-4,11,14-15,18,22-24H,1-2,5-10H2;2-4,13-14,17,21-23H,1,5-10H2;2-3,11-12,15,19-21H,4-8H2,1H3;2,4,10-11,13,16,19-20H,3,5-8H2,1H3;1-2,10-11,14,17-20H,3-7H2/t15-,16+,19-,20-,21+;14-,15+,18-,19-,20+;13-,14+,17-,18-,19+;11-,12+,15-,16-,17+;10?,11-,13+,16+,17+;10-,11+,14-,15-,16+/m000010/s1. The molecular weight excluding hydrogens is 1770 g/mol. The van der Waals surface area contributed by atoms with Gasteiger partial charge in [0.25, 0.3) is 0 Å². The van der Waals surface area contributed by atoms with Crippen LogP contribution in [-0.4, -0.2) is 322 Å². The van der Waals surface area contributed by atoms with E-state index in [1.807, 2.05) is 36.4 Å². The third-order valence-corrected chi connectivity index (χ3v) is 42.4. The van der Waals surface area contributed by atoms with Gasteiger partial charge in [0.2, 0.25) is 0 Å². The average molecular weight is 1910 g/mol. The van der Waals surface area contributed by atoms with Crippen LogP contribution >= 0.6 is 0 Å². The highest BCUT2D eigenvalue weighted by Gasteiger charge is 2.80. The number of phenolic OH excluding ortho intramolecular Hbond substituents is 6. The Morgan fingerprint density at radius 3 is 1.05 bits per heavy atom. The second-order valence-corrected chi connectivity index (χ2v) is 47.6. The fraction of sp³-hybridized carbons (Fsp3) is 0.655. The van der Waals surface area contributed by atoms with Crippen LogP contribution in [0.2, 0.25) is 0 Å². The molecule has 30 atom stereocenters. The lowest BCUT2D eigenvalue weighted by molar-refractivity contribution is -0.209. The normalized spacial score (nSPS) is 44.1. The summed E-state index contributed by atoms with van der Waals surface area (Å²) in [6, 6.07) is 22.8. The van der Waals surface area contributed by atoms with Crippen LogP contribution in [0.25, 0.3) is 0 Å². The molecule has 29 heteroatoms. The number of nitrogens with one attached hydrogen (secondary N) is 1. The van der Waals surface area contributed by atoms with Crippen molar-refractivity contribution >= 4 is 0 Å². The van der Waals surface area contributed by atoms with Gasteiger partial charge in [-0.1, -0.05) is 48.9 Å². The predicted octanol–water partition coefficient (Wildman–Crippen LogP) is 6.27. The third kappa shape index (κ3) is 11.3. The van der Waals surface area contributed by atoms with E-state index in [-0.39, 0.29) is 76.2 Å². The topological polar surface area (TPSA) is 428 Å². The van der Waals surface area contributed by atoms with Crippen LogP contribution in [0, 0.1) is 17.8 Å². The highest BCUT2D eigenvalue weighted by molar-refractivity contribution is 5.69. The molecule has 26 aliphatic rings. The molecule has 6 saturated heterocycles. The zero-order valence-corrected chi connectivity index (χ0v) is 79.5. The lowest BCUT2D eigenvalue weighted by Crippen LogP contribution is -2.77. The Morgan fingerprint density at radius 1 is 0.331 bits per heavy atom. The molecule has 0 radical (unpaired) electrons. The van der Waals surface area contributed by atoms with Crippen LogP contribution in [0.4, 0.5) is 0 Å². The number of ether oxygens (including phenoxy) is 6. The number of nitrogens with zero attached hydrogens (tertiary/aromatic N) is 5. The van der Waals surface area contributed by atoms with Gasteiger partial charge < -0.3 is 130 Å². The maximum Gasteiger partial charge on any atom is 0.165 e.